The van der Waals surface area contributed by atoms with E-state index in [2.05, 4.69) is 62.5 Å². The highest BCUT2D eigenvalue weighted by molar-refractivity contribution is 8.04. The number of nitrogens with zero attached hydrogens (tertiary/aromatic N) is 2. The molecule has 5 rings (SSSR count). The number of thioether (sulfide) groups is 1. The topological polar surface area (TPSA) is 61.2 Å². The summed E-state index contributed by atoms with van der Waals surface area (Å²) in [6.07, 6.45) is 8.38. The lowest BCUT2D eigenvalue weighted by Gasteiger charge is -2.55. The van der Waals surface area contributed by atoms with E-state index in [4.69, 9.17) is 5.26 Å². The van der Waals surface area contributed by atoms with E-state index in [0.29, 0.717) is 18.3 Å². The molecule has 0 bridgehead atoms. The monoisotopic (exact) mass is 488 g/mol. The highest BCUT2D eigenvalue weighted by Crippen LogP contribution is 2.69. The molecule has 1 aromatic rings. The van der Waals surface area contributed by atoms with Crippen molar-refractivity contribution < 1.29 is 9.59 Å². The lowest BCUT2D eigenvalue weighted by Crippen LogP contribution is -2.50. The van der Waals surface area contributed by atoms with Crippen molar-refractivity contribution in [2.45, 2.75) is 64.7 Å². The van der Waals surface area contributed by atoms with E-state index >= 15 is 0 Å². The van der Waals surface area contributed by atoms with Gasteiger partial charge in [-0.1, -0.05) is 31.6 Å². The molecule has 4 aliphatic carbocycles. The van der Waals surface area contributed by atoms with E-state index in [9.17, 15) is 9.59 Å². The van der Waals surface area contributed by atoms with Gasteiger partial charge in [0.1, 0.15) is 11.2 Å². The third kappa shape index (κ3) is 3.80. The first kappa shape index (κ1) is 24.4. The third-order valence-corrected chi connectivity index (χ3v) is 10.6. The SMILES string of the molecule is CN(C)c1ccc(C2C[C@@]3(C)C(CC[C@]3(C)C(=O)CSC#N)C3CCC4=CC(=O)CCC4=C23)cc1. The van der Waals surface area contributed by atoms with Crippen LogP contribution in [0.5, 0.6) is 0 Å². The fraction of sp³-hybridized carbons (Fsp3) is 0.567. The molecule has 5 atom stereocenters. The average Bonchev–Trinajstić information content (AvgIpc) is 3.13. The zero-order chi connectivity index (χ0) is 25.0. The van der Waals surface area contributed by atoms with Crippen molar-refractivity contribution in [3.05, 3.63) is 52.6 Å². The van der Waals surface area contributed by atoms with Gasteiger partial charge in [-0.25, -0.2) is 0 Å². The minimum absolute atomic E-state index is 0.106. The summed E-state index contributed by atoms with van der Waals surface area (Å²) in [4.78, 5) is 27.9. The lowest BCUT2D eigenvalue weighted by atomic mass is 9.48. The zero-order valence-electron chi connectivity index (χ0n) is 21.4. The maximum absolute atomic E-state index is 13.5. The summed E-state index contributed by atoms with van der Waals surface area (Å²) in [6.45, 7) is 4.56. The van der Waals surface area contributed by atoms with Crippen LogP contribution in [0.1, 0.15) is 70.3 Å². The van der Waals surface area contributed by atoms with Crippen molar-refractivity contribution >= 4 is 29.0 Å². The van der Waals surface area contributed by atoms with Crippen molar-refractivity contribution in [3.63, 3.8) is 0 Å². The number of rotatable bonds is 5. The Morgan fingerprint density at radius 3 is 2.57 bits per heavy atom. The number of nitriles is 1. The molecule has 0 amide bonds. The summed E-state index contributed by atoms with van der Waals surface area (Å²) >= 11 is 1.08. The van der Waals surface area contributed by atoms with Crippen LogP contribution in [0.2, 0.25) is 0 Å². The van der Waals surface area contributed by atoms with Crippen LogP contribution in [0.15, 0.2) is 47.1 Å². The minimum Gasteiger partial charge on any atom is -0.378 e. The lowest BCUT2D eigenvalue weighted by molar-refractivity contribution is -0.133. The van der Waals surface area contributed by atoms with Crippen molar-refractivity contribution in [1.82, 2.24) is 0 Å². The number of ketones is 2. The number of carbonyl (C=O) groups is 2. The van der Waals surface area contributed by atoms with Crippen LogP contribution in [-0.2, 0) is 9.59 Å². The molecular formula is C30H36N2O2S. The average molecular weight is 489 g/mol. The second-order valence-electron chi connectivity index (χ2n) is 11.7. The second-order valence-corrected chi connectivity index (χ2v) is 12.4. The molecule has 0 spiro atoms. The van der Waals surface area contributed by atoms with Crippen molar-refractivity contribution in [2.75, 3.05) is 24.7 Å². The van der Waals surface area contributed by atoms with E-state index in [1.165, 1.54) is 22.4 Å². The number of fused-ring (bicyclic) bond motifs is 4. The zero-order valence-corrected chi connectivity index (χ0v) is 22.2. The maximum Gasteiger partial charge on any atom is 0.156 e. The molecule has 1 aromatic carbocycles. The number of benzene rings is 1. The quantitative estimate of drug-likeness (QED) is 0.446. The number of hydrogen-bond acceptors (Lipinski definition) is 5. The van der Waals surface area contributed by atoms with E-state index < -0.39 is 5.41 Å². The third-order valence-electron chi connectivity index (χ3n) is 10.0. The number of allylic oxidation sites excluding steroid dienone is 4. The number of Topliss-reactive ketones (excluding diaryl/α,β-unsaturated/α-hetero) is 1. The van der Waals surface area contributed by atoms with Gasteiger partial charge in [0.15, 0.2) is 5.78 Å². The predicted octanol–water partition coefficient (Wildman–Crippen LogP) is 6.44. The Bertz CT molecular complexity index is 1160. The number of carbonyl (C=O) groups excluding carboxylic acids is 2. The summed E-state index contributed by atoms with van der Waals surface area (Å²) in [5.74, 6) is 1.99. The molecule has 0 heterocycles. The molecule has 0 aliphatic heterocycles. The summed E-state index contributed by atoms with van der Waals surface area (Å²) in [6, 6.07) is 8.97. The first-order valence-corrected chi connectivity index (χ1v) is 14.0. The van der Waals surface area contributed by atoms with Crippen LogP contribution in [0.3, 0.4) is 0 Å². The van der Waals surface area contributed by atoms with Crippen LogP contribution in [0.25, 0.3) is 0 Å². The Kier molecular flexibility index (Phi) is 6.24. The van der Waals surface area contributed by atoms with Crippen LogP contribution in [0, 0.1) is 33.3 Å². The molecule has 0 saturated heterocycles. The summed E-state index contributed by atoms with van der Waals surface area (Å²) in [5.41, 5.74) is 6.29. The predicted molar refractivity (Wildman–Crippen MR) is 142 cm³/mol. The van der Waals surface area contributed by atoms with Gasteiger partial charge >= 0.3 is 0 Å². The van der Waals surface area contributed by atoms with Crippen molar-refractivity contribution in [3.8, 4) is 5.40 Å². The minimum atomic E-state index is -0.405. The Labute approximate surface area is 213 Å². The van der Waals surface area contributed by atoms with Gasteiger partial charge < -0.3 is 4.90 Å². The number of anilines is 1. The van der Waals surface area contributed by atoms with Gasteiger partial charge in [-0.15, -0.1) is 0 Å². The molecule has 2 fully saturated rings. The fourth-order valence-electron chi connectivity index (χ4n) is 7.92. The molecule has 184 valence electrons. The van der Waals surface area contributed by atoms with Crippen LogP contribution in [0.4, 0.5) is 5.69 Å². The molecule has 0 N–H and O–H groups in total. The molecule has 4 aliphatic rings. The van der Waals surface area contributed by atoms with Crippen molar-refractivity contribution in [1.29, 1.82) is 5.26 Å². The largest absolute Gasteiger partial charge is 0.378 e. The molecule has 0 aromatic heterocycles. The van der Waals surface area contributed by atoms with Gasteiger partial charge in [0.2, 0.25) is 0 Å². The van der Waals surface area contributed by atoms with Gasteiger partial charge in [0.05, 0.1) is 5.75 Å². The molecule has 0 radical (unpaired) electrons. The first-order chi connectivity index (χ1) is 16.7. The molecule has 5 heteroatoms. The smallest absolute Gasteiger partial charge is 0.156 e. The van der Waals surface area contributed by atoms with E-state index in [0.717, 1.165) is 50.3 Å². The van der Waals surface area contributed by atoms with Gasteiger partial charge in [-0.3, -0.25) is 9.59 Å². The molecule has 3 unspecified atom stereocenters. The van der Waals surface area contributed by atoms with E-state index in [1.54, 1.807) is 5.57 Å². The number of hydrogen-bond donors (Lipinski definition) is 0. The van der Waals surface area contributed by atoms with Gasteiger partial charge in [0.25, 0.3) is 0 Å². The van der Waals surface area contributed by atoms with Crippen LogP contribution in [-0.4, -0.2) is 31.4 Å². The van der Waals surface area contributed by atoms with E-state index in [-0.39, 0.29) is 28.7 Å². The Hall–Kier alpha value is -2.32. The molecule has 4 nitrogen and oxygen atoms in total. The fourth-order valence-corrected chi connectivity index (χ4v) is 8.44. The number of thiocyanates is 1. The molecule has 2 saturated carbocycles. The second kappa shape index (κ2) is 8.96. The van der Waals surface area contributed by atoms with E-state index in [1.807, 2.05) is 6.08 Å². The highest BCUT2D eigenvalue weighted by atomic mass is 32.2. The summed E-state index contributed by atoms with van der Waals surface area (Å²) in [5, 5.41) is 11.2. The normalized spacial score (nSPS) is 33.9. The van der Waals surface area contributed by atoms with Crippen LogP contribution < -0.4 is 4.90 Å². The summed E-state index contributed by atoms with van der Waals surface area (Å²) in [7, 11) is 4.13. The Balaban J connectivity index is 1.63. The first-order valence-electron chi connectivity index (χ1n) is 13.0. The molecule has 35 heavy (non-hydrogen) atoms. The summed E-state index contributed by atoms with van der Waals surface area (Å²) < 4.78 is 0. The highest BCUT2D eigenvalue weighted by Gasteiger charge is 2.63. The Morgan fingerprint density at radius 2 is 1.89 bits per heavy atom. The maximum atomic E-state index is 13.5. The standard InChI is InChI=1S/C30H36N2O2S/c1-29(27(34)17-35-18-31)14-13-26-24-11-7-20-15-22(33)10-12-23(20)28(24)25(16-30(26,29)2)19-5-8-21(9-6-19)32(3)4/h5-6,8-9,15,24-26H,7,10-14,16-17H2,1-4H3/t24?,25?,26?,29-,30+/m1/s1. The van der Waals surface area contributed by atoms with Gasteiger partial charge in [-0.05, 0) is 102 Å². The Morgan fingerprint density at radius 1 is 1.14 bits per heavy atom. The van der Waals surface area contributed by atoms with Gasteiger partial charge in [0, 0.05) is 37.5 Å². The molecular weight excluding hydrogens is 452 g/mol. The van der Waals surface area contributed by atoms with Crippen LogP contribution >= 0.6 is 11.8 Å². The van der Waals surface area contributed by atoms with Crippen molar-refractivity contribution in [2.24, 2.45) is 22.7 Å². The van der Waals surface area contributed by atoms with Gasteiger partial charge in [-0.2, -0.15) is 5.26 Å².